The van der Waals surface area contributed by atoms with Crippen molar-refractivity contribution in [2.24, 2.45) is 0 Å². The van der Waals surface area contributed by atoms with Crippen LogP contribution >= 0.6 is 0 Å². The molecule has 30 heavy (non-hydrogen) atoms. The van der Waals surface area contributed by atoms with Crippen molar-refractivity contribution in [3.63, 3.8) is 0 Å². The van der Waals surface area contributed by atoms with Crippen LogP contribution in [0.3, 0.4) is 0 Å². The Morgan fingerprint density at radius 2 is 1.87 bits per heavy atom. The number of ether oxygens (including phenoxy) is 1. The van der Waals surface area contributed by atoms with E-state index in [-0.39, 0.29) is 18.0 Å². The number of benzene rings is 2. The summed E-state index contributed by atoms with van der Waals surface area (Å²) in [6, 6.07) is 13.5. The Hall–Kier alpha value is -3.42. The molecule has 1 saturated heterocycles. The van der Waals surface area contributed by atoms with Crippen molar-refractivity contribution in [3.05, 3.63) is 65.8 Å². The number of rotatable bonds is 6. The van der Waals surface area contributed by atoms with Gasteiger partial charge in [-0.15, -0.1) is 0 Å². The van der Waals surface area contributed by atoms with Gasteiger partial charge in [0.1, 0.15) is 17.7 Å². The molecule has 5 rings (SSSR count). The third-order valence-corrected chi connectivity index (χ3v) is 5.28. The number of hydrogen-bond acceptors (Lipinski definition) is 5. The Morgan fingerprint density at radius 1 is 1.13 bits per heavy atom. The average molecular weight is 408 g/mol. The standard InChI is InChI=1S/C22H21FN4O3/c23-17-7-1-14(2-8-17)11-24-22(28)27-12-19(13-27)29-18-9-5-15(6-10-18)20-25-21(30-26-20)16-3-4-16/h1-2,5-10,16,19H,3-4,11-13H2,(H,24,28). The van der Waals surface area contributed by atoms with Crippen LogP contribution in [0.1, 0.15) is 30.2 Å². The molecule has 1 N–H and O–H groups in total. The van der Waals surface area contributed by atoms with Crippen LogP contribution < -0.4 is 10.1 Å². The van der Waals surface area contributed by atoms with E-state index in [1.54, 1.807) is 17.0 Å². The predicted molar refractivity (Wildman–Crippen MR) is 106 cm³/mol. The van der Waals surface area contributed by atoms with Gasteiger partial charge in [0.05, 0.1) is 13.1 Å². The van der Waals surface area contributed by atoms with Crippen LogP contribution in [0.4, 0.5) is 9.18 Å². The molecule has 0 unspecified atom stereocenters. The molecule has 2 aliphatic rings. The van der Waals surface area contributed by atoms with Crippen molar-refractivity contribution in [2.75, 3.05) is 13.1 Å². The molecule has 8 heteroatoms. The molecule has 0 radical (unpaired) electrons. The Labute approximate surface area is 172 Å². The lowest BCUT2D eigenvalue weighted by Gasteiger charge is -2.38. The highest BCUT2D eigenvalue weighted by molar-refractivity contribution is 5.75. The molecule has 7 nitrogen and oxygen atoms in total. The first-order valence-corrected chi connectivity index (χ1v) is 10.0. The lowest BCUT2D eigenvalue weighted by molar-refractivity contribution is 0.0443. The molecule has 1 saturated carbocycles. The third kappa shape index (κ3) is 4.12. The third-order valence-electron chi connectivity index (χ3n) is 5.28. The van der Waals surface area contributed by atoms with Crippen molar-refractivity contribution in [1.29, 1.82) is 0 Å². The summed E-state index contributed by atoms with van der Waals surface area (Å²) in [5, 5.41) is 6.87. The molecular formula is C22H21FN4O3. The monoisotopic (exact) mass is 408 g/mol. The SMILES string of the molecule is O=C(NCc1ccc(F)cc1)N1CC(Oc2ccc(-c3noc(C4CC4)n3)cc2)C1. The van der Waals surface area contributed by atoms with Crippen LogP contribution in [0, 0.1) is 5.82 Å². The van der Waals surface area contributed by atoms with Crippen LogP contribution in [0.2, 0.25) is 0 Å². The van der Waals surface area contributed by atoms with Crippen molar-refractivity contribution in [1.82, 2.24) is 20.4 Å². The zero-order valence-corrected chi connectivity index (χ0v) is 16.3. The summed E-state index contributed by atoms with van der Waals surface area (Å²) in [5.41, 5.74) is 1.73. The van der Waals surface area contributed by atoms with Crippen LogP contribution in [0.25, 0.3) is 11.4 Å². The number of nitrogens with one attached hydrogen (secondary N) is 1. The van der Waals surface area contributed by atoms with E-state index in [1.165, 1.54) is 12.1 Å². The molecule has 2 amide bonds. The summed E-state index contributed by atoms with van der Waals surface area (Å²) in [6.45, 7) is 1.40. The molecule has 0 bridgehead atoms. The van der Waals surface area contributed by atoms with E-state index < -0.39 is 0 Å². The Balaban J connectivity index is 1.08. The lowest BCUT2D eigenvalue weighted by atomic mass is 10.1. The maximum absolute atomic E-state index is 12.9. The number of aromatic nitrogens is 2. The van der Waals surface area contributed by atoms with Crippen molar-refractivity contribution < 1.29 is 18.4 Å². The molecule has 1 aromatic heterocycles. The van der Waals surface area contributed by atoms with Gasteiger partial charge in [-0.25, -0.2) is 9.18 Å². The predicted octanol–water partition coefficient (Wildman–Crippen LogP) is 3.73. The lowest BCUT2D eigenvalue weighted by Crippen LogP contribution is -2.58. The summed E-state index contributed by atoms with van der Waals surface area (Å²) in [6.07, 6.45) is 2.20. The van der Waals surface area contributed by atoms with Gasteiger partial charge in [-0.1, -0.05) is 17.3 Å². The zero-order valence-electron chi connectivity index (χ0n) is 16.3. The Bertz CT molecular complexity index is 1030. The number of carbonyl (C=O) groups excluding carboxylic acids is 1. The van der Waals surface area contributed by atoms with E-state index in [1.807, 2.05) is 24.3 Å². The molecule has 0 spiro atoms. The highest BCUT2D eigenvalue weighted by Crippen LogP contribution is 2.39. The van der Waals surface area contributed by atoms with Crippen LogP contribution in [-0.4, -0.2) is 40.3 Å². The second-order valence-electron chi connectivity index (χ2n) is 7.68. The smallest absolute Gasteiger partial charge is 0.317 e. The van der Waals surface area contributed by atoms with Crippen LogP contribution in [0.5, 0.6) is 5.75 Å². The molecular weight excluding hydrogens is 387 g/mol. The summed E-state index contributed by atoms with van der Waals surface area (Å²) in [5.74, 6) is 2.19. The minimum atomic E-state index is -0.291. The van der Waals surface area contributed by atoms with Gasteiger partial charge in [-0.2, -0.15) is 4.98 Å². The van der Waals surface area contributed by atoms with Crippen LogP contribution in [0.15, 0.2) is 53.1 Å². The maximum atomic E-state index is 12.9. The molecule has 2 fully saturated rings. The molecule has 1 aliphatic carbocycles. The number of halogens is 1. The van der Waals surface area contributed by atoms with Crippen LogP contribution in [-0.2, 0) is 6.54 Å². The molecule has 0 atom stereocenters. The first kappa shape index (κ1) is 18.6. The first-order valence-electron chi connectivity index (χ1n) is 10.0. The first-order chi connectivity index (χ1) is 14.6. The topological polar surface area (TPSA) is 80.5 Å². The molecule has 154 valence electrons. The van der Waals surface area contributed by atoms with Crippen molar-refractivity contribution in [3.8, 4) is 17.1 Å². The van der Waals surface area contributed by atoms with Gasteiger partial charge in [0.15, 0.2) is 0 Å². The summed E-state index contributed by atoms with van der Waals surface area (Å²) < 4.78 is 24.1. The molecule has 1 aliphatic heterocycles. The summed E-state index contributed by atoms with van der Waals surface area (Å²) in [7, 11) is 0. The molecule has 3 aromatic rings. The highest BCUT2D eigenvalue weighted by atomic mass is 19.1. The average Bonchev–Trinajstić information content (AvgIpc) is 3.47. The van der Waals surface area contributed by atoms with Gasteiger partial charge in [0, 0.05) is 18.0 Å². The Kier molecular flexibility index (Phi) is 4.82. The van der Waals surface area contributed by atoms with Crippen molar-refractivity contribution >= 4 is 6.03 Å². The summed E-state index contributed by atoms with van der Waals surface area (Å²) in [4.78, 5) is 18.3. The fourth-order valence-corrected chi connectivity index (χ4v) is 3.29. The van der Waals surface area contributed by atoms with E-state index in [4.69, 9.17) is 9.26 Å². The number of hydrogen-bond donors (Lipinski definition) is 1. The molecule has 2 aromatic carbocycles. The largest absolute Gasteiger partial charge is 0.487 e. The van der Waals surface area contributed by atoms with E-state index in [2.05, 4.69) is 15.5 Å². The fourth-order valence-electron chi connectivity index (χ4n) is 3.29. The number of likely N-dealkylation sites (tertiary alicyclic amines) is 1. The van der Waals surface area contributed by atoms with Gasteiger partial charge < -0.3 is 19.5 Å². The van der Waals surface area contributed by atoms with Gasteiger partial charge >= 0.3 is 6.03 Å². The maximum Gasteiger partial charge on any atom is 0.317 e. The van der Waals surface area contributed by atoms with E-state index >= 15 is 0 Å². The number of nitrogens with zero attached hydrogens (tertiary/aromatic N) is 3. The normalized spacial score (nSPS) is 16.2. The zero-order chi connectivity index (χ0) is 20.5. The minimum absolute atomic E-state index is 0.0425. The quantitative estimate of drug-likeness (QED) is 0.672. The van der Waals surface area contributed by atoms with Crippen molar-refractivity contribution in [2.45, 2.75) is 31.4 Å². The second kappa shape index (κ2) is 7.78. The summed E-state index contributed by atoms with van der Waals surface area (Å²) >= 11 is 0. The second-order valence-corrected chi connectivity index (χ2v) is 7.68. The number of amides is 2. The van der Waals surface area contributed by atoms with E-state index in [0.717, 1.165) is 35.6 Å². The van der Waals surface area contributed by atoms with Gasteiger partial charge in [0.2, 0.25) is 11.7 Å². The highest BCUT2D eigenvalue weighted by Gasteiger charge is 2.32. The van der Waals surface area contributed by atoms with E-state index in [9.17, 15) is 9.18 Å². The van der Waals surface area contributed by atoms with Gasteiger partial charge in [-0.05, 0) is 54.8 Å². The number of carbonyl (C=O) groups is 1. The Morgan fingerprint density at radius 3 is 2.57 bits per heavy atom. The van der Waals surface area contributed by atoms with Gasteiger partial charge in [-0.3, -0.25) is 0 Å². The fraction of sp³-hybridized carbons (Fsp3) is 0.318. The minimum Gasteiger partial charge on any atom is -0.487 e. The van der Waals surface area contributed by atoms with E-state index in [0.29, 0.717) is 31.4 Å². The van der Waals surface area contributed by atoms with Gasteiger partial charge in [0.25, 0.3) is 0 Å². The number of urea groups is 1. The molecule has 2 heterocycles.